The molecule has 0 saturated carbocycles. The third-order valence-electron chi connectivity index (χ3n) is 2.92. The number of benzene rings is 1. The second-order valence-corrected chi connectivity index (χ2v) is 4.94. The minimum absolute atomic E-state index is 0.264. The summed E-state index contributed by atoms with van der Waals surface area (Å²) >= 11 is 0. The first kappa shape index (κ1) is 15.1. The van der Waals surface area contributed by atoms with E-state index in [4.69, 9.17) is 4.52 Å². The minimum Gasteiger partial charge on any atom is -0.392 e. The Balaban J connectivity index is 1.90. The lowest BCUT2D eigenvalue weighted by atomic mass is 10.2. The van der Waals surface area contributed by atoms with Gasteiger partial charge in [-0.3, -0.25) is 0 Å². The molecule has 6 heteroatoms. The highest BCUT2D eigenvalue weighted by Crippen LogP contribution is 2.19. The molecule has 6 nitrogen and oxygen atoms in total. The van der Waals surface area contributed by atoms with Crippen LogP contribution >= 0.6 is 0 Å². The molecule has 1 heterocycles. The van der Waals surface area contributed by atoms with Gasteiger partial charge in [-0.05, 0) is 6.92 Å². The Kier molecular flexibility index (Phi) is 4.94. The number of carbonyl (C=O) groups excluding carboxylic acids is 1. The molecule has 2 amide bonds. The van der Waals surface area contributed by atoms with Gasteiger partial charge in [0, 0.05) is 25.2 Å². The van der Waals surface area contributed by atoms with E-state index in [1.165, 1.54) is 4.90 Å². The zero-order chi connectivity index (χ0) is 15.2. The molecule has 2 rings (SSSR count). The van der Waals surface area contributed by atoms with Crippen LogP contribution in [0.1, 0.15) is 12.6 Å². The van der Waals surface area contributed by atoms with Crippen LogP contribution in [0, 0.1) is 0 Å². The molecule has 0 spiro atoms. The lowest BCUT2D eigenvalue weighted by Crippen LogP contribution is -2.40. The van der Waals surface area contributed by atoms with Crippen LogP contribution in [0.25, 0.3) is 11.3 Å². The molecule has 0 aliphatic carbocycles. The second-order valence-electron chi connectivity index (χ2n) is 4.94. The second kappa shape index (κ2) is 6.90. The molecule has 0 aliphatic heterocycles. The number of likely N-dealkylation sites (N-methyl/N-ethyl adjacent to an activating group) is 1. The zero-order valence-electron chi connectivity index (χ0n) is 12.1. The molecule has 1 aromatic heterocycles. The molecule has 2 aromatic rings. The average Bonchev–Trinajstić information content (AvgIpc) is 2.94. The summed E-state index contributed by atoms with van der Waals surface area (Å²) in [5.74, 6) is 0.664. The predicted molar refractivity (Wildman–Crippen MR) is 78.5 cm³/mol. The van der Waals surface area contributed by atoms with Crippen molar-refractivity contribution in [2.24, 2.45) is 0 Å². The summed E-state index contributed by atoms with van der Waals surface area (Å²) in [6, 6.07) is 11.2. The molecule has 21 heavy (non-hydrogen) atoms. The molecule has 0 aliphatic rings. The minimum atomic E-state index is -0.558. The van der Waals surface area contributed by atoms with Crippen LogP contribution in [0.4, 0.5) is 4.79 Å². The van der Waals surface area contributed by atoms with E-state index in [9.17, 15) is 9.90 Å². The van der Waals surface area contributed by atoms with Crippen LogP contribution in [-0.4, -0.2) is 40.9 Å². The Morgan fingerprint density at radius 3 is 2.81 bits per heavy atom. The maximum Gasteiger partial charge on any atom is 0.317 e. The van der Waals surface area contributed by atoms with Crippen molar-refractivity contribution >= 4 is 6.03 Å². The van der Waals surface area contributed by atoms with Gasteiger partial charge in [-0.25, -0.2) is 4.79 Å². The summed E-state index contributed by atoms with van der Waals surface area (Å²) in [7, 11) is 1.63. The van der Waals surface area contributed by atoms with Crippen molar-refractivity contribution < 1.29 is 14.4 Å². The van der Waals surface area contributed by atoms with Crippen molar-refractivity contribution in [3.8, 4) is 11.3 Å². The molecule has 0 saturated heterocycles. The van der Waals surface area contributed by atoms with Crippen LogP contribution in [0.2, 0.25) is 0 Å². The smallest absolute Gasteiger partial charge is 0.317 e. The molecule has 0 fully saturated rings. The number of amides is 2. The number of aliphatic hydroxyl groups excluding tert-OH is 1. The highest BCUT2D eigenvalue weighted by atomic mass is 16.5. The topological polar surface area (TPSA) is 78.6 Å². The third-order valence-corrected chi connectivity index (χ3v) is 2.92. The van der Waals surface area contributed by atoms with Crippen molar-refractivity contribution in [2.75, 3.05) is 13.6 Å². The van der Waals surface area contributed by atoms with E-state index >= 15 is 0 Å². The van der Waals surface area contributed by atoms with Crippen LogP contribution in [0.3, 0.4) is 0 Å². The fraction of sp³-hybridized carbons (Fsp3) is 0.333. The summed E-state index contributed by atoms with van der Waals surface area (Å²) in [4.78, 5) is 13.2. The summed E-state index contributed by atoms with van der Waals surface area (Å²) in [5.41, 5.74) is 1.58. The summed E-state index contributed by atoms with van der Waals surface area (Å²) in [6.45, 7) is 2.19. The Hall–Kier alpha value is -2.34. The first-order valence-electron chi connectivity index (χ1n) is 6.74. The summed E-state index contributed by atoms with van der Waals surface area (Å²) < 4.78 is 5.25. The molecular weight excluding hydrogens is 270 g/mol. The number of nitrogens with one attached hydrogen (secondary N) is 1. The maximum atomic E-state index is 11.8. The van der Waals surface area contributed by atoms with E-state index in [0.717, 1.165) is 5.56 Å². The Morgan fingerprint density at radius 2 is 2.14 bits per heavy atom. The van der Waals surface area contributed by atoms with E-state index < -0.39 is 6.10 Å². The van der Waals surface area contributed by atoms with Gasteiger partial charge in [-0.15, -0.1) is 0 Å². The molecule has 0 radical (unpaired) electrons. The third kappa shape index (κ3) is 4.32. The lowest BCUT2D eigenvalue weighted by molar-refractivity contribution is 0.143. The fourth-order valence-electron chi connectivity index (χ4n) is 1.91. The summed E-state index contributed by atoms with van der Waals surface area (Å²) in [6.07, 6.45) is -0.558. The Bertz CT molecular complexity index is 581. The van der Waals surface area contributed by atoms with Crippen molar-refractivity contribution in [1.82, 2.24) is 15.4 Å². The van der Waals surface area contributed by atoms with Gasteiger partial charge in [0.15, 0.2) is 5.76 Å². The predicted octanol–water partition coefficient (Wildman–Crippen LogP) is 1.86. The quantitative estimate of drug-likeness (QED) is 0.880. The first-order valence-corrected chi connectivity index (χ1v) is 6.74. The van der Waals surface area contributed by atoms with Crippen molar-refractivity contribution in [1.29, 1.82) is 0 Å². The molecule has 112 valence electrons. The van der Waals surface area contributed by atoms with E-state index in [1.807, 2.05) is 30.3 Å². The van der Waals surface area contributed by atoms with Gasteiger partial charge in [0.2, 0.25) is 0 Å². The highest BCUT2D eigenvalue weighted by Gasteiger charge is 2.12. The summed E-state index contributed by atoms with van der Waals surface area (Å²) in [5, 5.41) is 15.9. The highest BCUT2D eigenvalue weighted by molar-refractivity contribution is 5.73. The molecule has 2 N–H and O–H groups in total. The molecular formula is C15H19N3O3. The van der Waals surface area contributed by atoms with Gasteiger partial charge in [-0.1, -0.05) is 35.5 Å². The number of aromatic nitrogens is 1. The number of hydrogen-bond donors (Lipinski definition) is 2. The van der Waals surface area contributed by atoms with Gasteiger partial charge in [-0.2, -0.15) is 0 Å². The average molecular weight is 289 g/mol. The van der Waals surface area contributed by atoms with Crippen LogP contribution in [0.15, 0.2) is 40.9 Å². The number of rotatable bonds is 5. The molecule has 1 aromatic carbocycles. The number of urea groups is 1. The Labute approximate surface area is 123 Å². The van der Waals surface area contributed by atoms with Crippen molar-refractivity contribution in [3.63, 3.8) is 0 Å². The fourth-order valence-corrected chi connectivity index (χ4v) is 1.91. The molecule has 1 atom stereocenters. The standard InChI is InChI=1S/C15H19N3O3/c1-11(19)10-18(2)15(20)16-9-13-8-14(21-17-13)12-6-4-3-5-7-12/h3-8,11,19H,9-10H2,1-2H3,(H,16,20). The number of aliphatic hydroxyl groups is 1. The van der Waals surface area contributed by atoms with Crippen LogP contribution < -0.4 is 5.32 Å². The molecule has 1 unspecified atom stereocenters. The van der Waals surface area contributed by atoms with Gasteiger partial charge >= 0.3 is 6.03 Å². The molecule has 0 bridgehead atoms. The van der Waals surface area contributed by atoms with Crippen LogP contribution in [-0.2, 0) is 6.54 Å². The van der Waals surface area contributed by atoms with E-state index in [1.54, 1.807) is 20.0 Å². The largest absolute Gasteiger partial charge is 0.392 e. The van der Waals surface area contributed by atoms with Gasteiger partial charge in [0.25, 0.3) is 0 Å². The Morgan fingerprint density at radius 1 is 1.43 bits per heavy atom. The van der Waals surface area contributed by atoms with Gasteiger partial charge in [0.05, 0.1) is 12.6 Å². The van der Waals surface area contributed by atoms with Crippen LogP contribution in [0.5, 0.6) is 0 Å². The van der Waals surface area contributed by atoms with Gasteiger partial charge in [0.1, 0.15) is 5.69 Å². The van der Waals surface area contributed by atoms with Crippen molar-refractivity contribution in [3.05, 3.63) is 42.1 Å². The normalized spacial score (nSPS) is 12.0. The SMILES string of the molecule is CC(O)CN(C)C(=O)NCc1cc(-c2ccccc2)on1. The monoisotopic (exact) mass is 289 g/mol. The number of nitrogens with zero attached hydrogens (tertiary/aromatic N) is 2. The number of carbonyl (C=O) groups is 1. The lowest BCUT2D eigenvalue weighted by Gasteiger charge is -2.18. The van der Waals surface area contributed by atoms with E-state index in [0.29, 0.717) is 11.5 Å². The van der Waals surface area contributed by atoms with Gasteiger partial charge < -0.3 is 19.8 Å². The van der Waals surface area contributed by atoms with E-state index in [-0.39, 0.29) is 19.1 Å². The van der Waals surface area contributed by atoms with E-state index in [2.05, 4.69) is 10.5 Å². The van der Waals surface area contributed by atoms with Crippen molar-refractivity contribution in [2.45, 2.75) is 19.6 Å². The number of hydrogen-bond acceptors (Lipinski definition) is 4. The maximum absolute atomic E-state index is 11.8. The first-order chi connectivity index (χ1) is 10.1. The zero-order valence-corrected chi connectivity index (χ0v) is 12.1.